The number of anilines is 1. The zero-order chi connectivity index (χ0) is 9.84. The number of nitrogens with two attached hydrogens (primary N) is 1. The Kier molecular flexibility index (Phi) is 3.06. The van der Waals surface area contributed by atoms with E-state index in [1.54, 1.807) is 7.05 Å². The molecule has 0 radical (unpaired) electrons. The number of ketones is 1. The normalized spacial score (nSPS) is 10.3. The average Bonchev–Trinajstić information content (AvgIpc) is 2.44. The number of rotatable bonds is 4. The van der Waals surface area contributed by atoms with Crippen LogP contribution in [0.1, 0.15) is 36.5 Å². The lowest BCUT2D eigenvalue weighted by Crippen LogP contribution is -2.04. The summed E-state index contributed by atoms with van der Waals surface area (Å²) < 4.78 is 1.51. The first-order valence-electron chi connectivity index (χ1n) is 4.47. The first-order valence-corrected chi connectivity index (χ1v) is 4.47. The molecule has 0 aliphatic rings. The number of nitrogen functional groups attached to an aromatic ring is 1. The van der Waals surface area contributed by atoms with Crippen molar-refractivity contribution in [3.05, 3.63) is 11.8 Å². The van der Waals surface area contributed by atoms with Crippen LogP contribution in [0.5, 0.6) is 0 Å². The van der Waals surface area contributed by atoms with Crippen LogP contribution in [0.2, 0.25) is 0 Å². The number of nitrogens with zero attached hydrogens (tertiary/aromatic N) is 2. The molecule has 0 aliphatic carbocycles. The molecule has 1 aromatic rings. The molecule has 0 bridgehead atoms. The number of aryl methyl sites for hydroxylation is 1. The van der Waals surface area contributed by atoms with E-state index in [1.165, 1.54) is 10.9 Å². The molecule has 1 rings (SSSR count). The zero-order valence-corrected chi connectivity index (χ0v) is 8.08. The molecule has 13 heavy (non-hydrogen) atoms. The number of Topliss-reactive ketones (excluding diaryl/α,β-unsaturated/α-hetero) is 1. The molecule has 1 heterocycles. The molecule has 0 atom stereocenters. The summed E-state index contributed by atoms with van der Waals surface area (Å²) in [5.74, 6) is 0.550. The van der Waals surface area contributed by atoms with E-state index in [1.807, 2.05) is 0 Å². The molecule has 0 saturated carbocycles. The van der Waals surface area contributed by atoms with E-state index < -0.39 is 0 Å². The highest BCUT2D eigenvalue weighted by molar-refractivity contribution is 5.99. The van der Waals surface area contributed by atoms with Crippen molar-refractivity contribution in [2.45, 2.75) is 26.2 Å². The average molecular weight is 181 g/mol. The molecule has 2 N–H and O–H groups in total. The maximum absolute atomic E-state index is 11.5. The number of aromatic nitrogens is 2. The lowest BCUT2D eigenvalue weighted by molar-refractivity contribution is 0.0980. The third-order valence-electron chi connectivity index (χ3n) is 2.04. The zero-order valence-electron chi connectivity index (χ0n) is 8.08. The van der Waals surface area contributed by atoms with Crippen molar-refractivity contribution in [3.8, 4) is 0 Å². The lowest BCUT2D eigenvalue weighted by Gasteiger charge is -1.98. The highest BCUT2D eigenvalue weighted by Gasteiger charge is 2.12. The maximum Gasteiger partial charge on any atom is 0.168 e. The summed E-state index contributed by atoms with van der Waals surface area (Å²) in [5, 5.41) is 3.92. The van der Waals surface area contributed by atoms with E-state index in [2.05, 4.69) is 12.0 Å². The van der Waals surface area contributed by atoms with Gasteiger partial charge in [0, 0.05) is 13.5 Å². The van der Waals surface area contributed by atoms with Crippen LogP contribution in [0, 0.1) is 0 Å². The second-order valence-electron chi connectivity index (χ2n) is 3.09. The van der Waals surface area contributed by atoms with Crippen molar-refractivity contribution in [3.63, 3.8) is 0 Å². The molecular weight excluding hydrogens is 166 g/mol. The molecule has 4 nitrogen and oxygen atoms in total. The van der Waals surface area contributed by atoms with Crippen molar-refractivity contribution in [1.29, 1.82) is 0 Å². The number of carbonyl (C=O) groups excluding carboxylic acids is 1. The van der Waals surface area contributed by atoms with E-state index >= 15 is 0 Å². The largest absolute Gasteiger partial charge is 0.383 e. The Morgan fingerprint density at radius 2 is 2.38 bits per heavy atom. The van der Waals surface area contributed by atoms with E-state index in [9.17, 15) is 4.79 Å². The standard InChI is InChI=1S/C9H15N3O/c1-3-4-5-8(13)7-6-11-12(2)9(7)10/h6H,3-5,10H2,1-2H3. The van der Waals surface area contributed by atoms with Gasteiger partial charge in [0.25, 0.3) is 0 Å². The molecule has 0 spiro atoms. The van der Waals surface area contributed by atoms with Crippen LogP contribution in [-0.2, 0) is 7.05 Å². The fourth-order valence-electron chi connectivity index (χ4n) is 1.13. The van der Waals surface area contributed by atoms with E-state index in [-0.39, 0.29) is 5.78 Å². The SMILES string of the molecule is CCCCC(=O)c1cnn(C)c1N. The highest BCUT2D eigenvalue weighted by Crippen LogP contribution is 2.13. The van der Waals surface area contributed by atoms with Gasteiger partial charge in [0.15, 0.2) is 5.78 Å². The smallest absolute Gasteiger partial charge is 0.168 e. The minimum atomic E-state index is 0.0902. The monoisotopic (exact) mass is 181 g/mol. The number of unbranched alkanes of at least 4 members (excludes halogenated alkanes) is 1. The summed E-state index contributed by atoms with van der Waals surface area (Å²) >= 11 is 0. The first kappa shape index (κ1) is 9.77. The number of hydrogen-bond donors (Lipinski definition) is 1. The summed E-state index contributed by atoms with van der Waals surface area (Å²) in [6, 6.07) is 0. The summed E-state index contributed by atoms with van der Waals surface area (Å²) in [4.78, 5) is 11.5. The van der Waals surface area contributed by atoms with Gasteiger partial charge in [-0.3, -0.25) is 9.48 Å². The Hall–Kier alpha value is -1.32. The van der Waals surface area contributed by atoms with Gasteiger partial charge < -0.3 is 5.73 Å². The van der Waals surface area contributed by atoms with Crippen molar-refractivity contribution in [1.82, 2.24) is 9.78 Å². The van der Waals surface area contributed by atoms with Gasteiger partial charge in [0.1, 0.15) is 5.82 Å². The van der Waals surface area contributed by atoms with Crippen LogP contribution in [0.3, 0.4) is 0 Å². The Labute approximate surface area is 77.7 Å². The van der Waals surface area contributed by atoms with Gasteiger partial charge in [-0.1, -0.05) is 13.3 Å². The Morgan fingerprint density at radius 1 is 1.69 bits per heavy atom. The fourth-order valence-corrected chi connectivity index (χ4v) is 1.13. The number of hydrogen-bond acceptors (Lipinski definition) is 3. The highest BCUT2D eigenvalue weighted by atomic mass is 16.1. The third-order valence-corrected chi connectivity index (χ3v) is 2.04. The third kappa shape index (κ3) is 2.08. The summed E-state index contributed by atoms with van der Waals surface area (Å²) in [6.45, 7) is 2.06. The summed E-state index contributed by atoms with van der Waals surface area (Å²) in [7, 11) is 1.73. The fraction of sp³-hybridized carbons (Fsp3) is 0.556. The predicted octanol–water partition coefficient (Wildman–Crippen LogP) is 1.38. The molecule has 0 saturated heterocycles. The molecule has 0 unspecified atom stereocenters. The maximum atomic E-state index is 11.5. The van der Waals surface area contributed by atoms with Gasteiger partial charge in [-0.2, -0.15) is 5.10 Å². The van der Waals surface area contributed by atoms with E-state index in [4.69, 9.17) is 5.73 Å². The van der Waals surface area contributed by atoms with Crippen molar-refractivity contribution < 1.29 is 4.79 Å². The lowest BCUT2D eigenvalue weighted by atomic mass is 10.1. The molecule has 72 valence electrons. The van der Waals surface area contributed by atoms with Crippen LogP contribution in [0.25, 0.3) is 0 Å². The Balaban J connectivity index is 2.71. The molecule has 1 aromatic heterocycles. The van der Waals surface area contributed by atoms with Gasteiger partial charge in [-0.15, -0.1) is 0 Å². The quantitative estimate of drug-likeness (QED) is 0.714. The second-order valence-corrected chi connectivity index (χ2v) is 3.09. The van der Waals surface area contributed by atoms with Crippen molar-refractivity contribution in [2.24, 2.45) is 7.05 Å². The summed E-state index contributed by atoms with van der Waals surface area (Å²) in [5.41, 5.74) is 6.21. The van der Waals surface area contributed by atoms with Crippen LogP contribution in [-0.4, -0.2) is 15.6 Å². The molecule has 0 fully saturated rings. The van der Waals surface area contributed by atoms with E-state index in [0.29, 0.717) is 17.8 Å². The van der Waals surface area contributed by atoms with Crippen LogP contribution < -0.4 is 5.73 Å². The Morgan fingerprint density at radius 3 is 2.85 bits per heavy atom. The first-order chi connectivity index (χ1) is 6.16. The topological polar surface area (TPSA) is 60.9 Å². The van der Waals surface area contributed by atoms with Crippen molar-refractivity contribution >= 4 is 11.6 Å². The molecular formula is C9H15N3O. The molecule has 0 aliphatic heterocycles. The van der Waals surface area contributed by atoms with Gasteiger partial charge >= 0.3 is 0 Å². The predicted molar refractivity (Wildman–Crippen MR) is 51.5 cm³/mol. The molecule has 4 heteroatoms. The van der Waals surface area contributed by atoms with Crippen LogP contribution >= 0.6 is 0 Å². The second kappa shape index (κ2) is 4.07. The Bertz CT molecular complexity index is 304. The van der Waals surface area contributed by atoms with Crippen LogP contribution in [0.4, 0.5) is 5.82 Å². The molecule has 0 aromatic carbocycles. The molecule has 0 amide bonds. The van der Waals surface area contributed by atoms with Gasteiger partial charge in [-0.05, 0) is 6.42 Å². The minimum Gasteiger partial charge on any atom is -0.383 e. The van der Waals surface area contributed by atoms with Crippen molar-refractivity contribution in [2.75, 3.05) is 5.73 Å². The minimum absolute atomic E-state index is 0.0902. The summed E-state index contributed by atoms with van der Waals surface area (Å²) in [6.07, 6.45) is 4.03. The van der Waals surface area contributed by atoms with E-state index in [0.717, 1.165) is 12.8 Å². The van der Waals surface area contributed by atoms with Gasteiger partial charge in [0.2, 0.25) is 0 Å². The van der Waals surface area contributed by atoms with Crippen LogP contribution in [0.15, 0.2) is 6.20 Å². The van der Waals surface area contributed by atoms with Gasteiger partial charge in [0.05, 0.1) is 11.8 Å². The number of carbonyl (C=O) groups is 1. The van der Waals surface area contributed by atoms with Gasteiger partial charge in [-0.25, -0.2) is 0 Å².